The lowest BCUT2D eigenvalue weighted by atomic mass is 9.92. The number of nitrogens with zero attached hydrogens (tertiary/aromatic N) is 1. The van der Waals surface area contributed by atoms with Crippen LogP contribution in [0, 0.1) is 0 Å². The molecule has 1 aliphatic rings. The van der Waals surface area contributed by atoms with Crippen LogP contribution in [0.15, 0.2) is 36.5 Å². The molecule has 5 nitrogen and oxygen atoms in total. The number of hydrogen-bond donors (Lipinski definition) is 2. The molecule has 1 aromatic heterocycles. The SMILES string of the molecule is COc1ncccc1-c1cccc2c1C[C@H](N)C(N)O2. The van der Waals surface area contributed by atoms with E-state index in [1.165, 1.54) is 0 Å². The van der Waals surface area contributed by atoms with Crippen molar-refractivity contribution in [2.24, 2.45) is 11.5 Å². The lowest BCUT2D eigenvalue weighted by Crippen LogP contribution is -2.49. The number of nitrogens with two attached hydrogens (primary N) is 2. The third-order valence-electron chi connectivity index (χ3n) is 3.51. The molecule has 5 heteroatoms. The van der Waals surface area contributed by atoms with Crippen LogP contribution < -0.4 is 20.9 Å². The van der Waals surface area contributed by atoms with Crippen LogP contribution >= 0.6 is 0 Å². The molecule has 0 aliphatic carbocycles. The van der Waals surface area contributed by atoms with E-state index in [2.05, 4.69) is 4.98 Å². The monoisotopic (exact) mass is 271 g/mol. The summed E-state index contributed by atoms with van der Waals surface area (Å²) in [5.41, 5.74) is 14.9. The Labute approximate surface area is 117 Å². The van der Waals surface area contributed by atoms with Crippen LogP contribution in [-0.4, -0.2) is 24.4 Å². The zero-order valence-electron chi connectivity index (χ0n) is 11.2. The molecule has 4 N–H and O–H groups in total. The van der Waals surface area contributed by atoms with Gasteiger partial charge in [0.05, 0.1) is 13.2 Å². The van der Waals surface area contributed by atoms with Crippen molar-refractivity contribution in [2.75, 3.05) is 7.11 Å². The molecule has 0 fully saturated rings. The molecular weight excluding hydrogens is 254 g/mol. The number of pyridine rings is 1. The van der Waals surface area contributed by atoms with Gasteiger partial charge in [0.1, 0.15) is 5.75 Å². The van der Waals surface area contributed by atoms with Crippen molar-refractivity contribution in [3.63, 3.8) is 0 Å². The largest absolute Gasteiger partial charge is 0.481 e. The van der Waals surface area contributed by atoms with Crippen molar-refractivity contribution in [2.45, 2.75) is 18.7 Å². The van der Waals surface area contributed by atoms with Crippen LogP contribution in [0.1, 0.15) is 5.56 Å². The molecule has 2 atom stereocenters. The topological polar surface area (TPSA) is 83.4 Å². The van der Waals surface area contributed by atoms with Crippen LogP contribution in [-0.2, 0) is 6.42 Å². The fraction of sp³-hybridized carbons (Fsp3) is 0.267. The molecule has 0 amide bonds. The first kappa shape index (κ1) is 12.9. The van der Waals surface area contributed by atoms with Gasteiger partial charge in [-0.05, 0) is 30.2 Å². The molecule has 0 saturated heterocycles. The molecule has 2 heterocycles. The molecule has 0 bridgehead atoms. The Morgan fingerprint density at radius 1 is 1.20 bits per heavy atom. The van der Waals surface area contributed by atoms with Gasteiger partial charge in [-0.1, -0.05) is 12.1 Å². The molecule has 1 aromatic carbocycles. The van der Waals surface area contributed by atoms with Gasteiger partial charge in [0.2, 0.25) is 5.88 Å². The highest BCUT2D eigenvalue weighted by atomic mass is 16.5. The van der Waals surface area contributed by atoms with E-state index in [1.807, 2.05) is 30.3 Å². The third-order valence-corrected chi connectivity index (χ3v) is 3.51. The van der Waals surface area contributed by atoms with Gasteiger partial charge in [-0.3, -0.25) is 5.73 Å². The number of ether oxygens (including phenoxy) is 2. The van der Waals surface area contributed by atoms with E-state index < -0.39 is 6.23 Å². The summed E-state index contributed by atoms with van der Waals surface area (Å²) in [5.74, 6) is 1.37. The Bertz CT molecular complexity index is 630. The van der Waals surface area contributed by atoms with E-state index in [1.54, 1.807) is 13.3 Å². The van der Waals surface area contributed by atoms with E-state index in [0.29, 0.717) is 12.3 Å². The minimum Gasteiger partial charge on any atom is -0.481 e. The van der Waals surface area contributed by atoms with Crippen LogP contribution in [0.25, 0.3) is 11.1 Å². The fourth-order valence-electron chi connectivity index (χ4n) is 2.48. The number of hydrogen-bond acceptors (Lipinski definition) is 5. The quantitative estimate of drug-likeness (QED) is 0.860. The molecule has 0 radical (unpaired) electrons. The van der Waals surface area contributed by atoms with Crippen molar-refractivity contribution in [3.05, 3.63) is 42.1 Å². The second-order valence-corrected chi connectivity index (χ2v) is 4.79. The smallest absolute Gasteiger partial charge is 0.221 e. The van der Waals surface area contributed by atoms with Gasteiger partial charge in [-0.15, -0.1) is 0 Å². The van der Waals surface area contributed by atoms with Gasteiger partial charge in [0.25, 0.3) is 0 Å². The zero-order valence-corrected chi connectivity index (χ0v) is 11.2. The minimum absolute atomic E-state index is 0.216. The molecule has 104 valence electrons. The summed E-state index contributed by atoms with van der Waals surface area (Å²) < 4.78 is 11.0. The summed E-state index contributed by atoms with van der Waals surface area (Å²) >= 11 is 0. The normalized spacial score (nSPS) is 20.9. The molecule has 2 aromatic rings. The fourth-order valence-corrected chi connectivity index (χ4v) is 2.48. The Morgan fingerprint density at radius 2 is 2.00 bits per heavy atom. The van der Waals surface area contributed by atoms with Crippen molar-refractivity contribution >= 4 is 0 Å². The predicted octanol–water partition coefficient (Wildman–Crippen LogP) is 1.30. The highest BCUT2D eigenvalue weighted by Gasteiger charge is 2.27. The van der Waals surface area contributed by atoms with E-state index in [9.17, 15) is 0 Å². The Kier molecular flexibility index (Phi) is 3.30. The standard InChI is InChI=1S/C15H17N3O2/c1-19-15-10(5-3-7-18-15)9-4-2-6-13-11(9)8-12(16)14(17)20-13/h2-7,12,14H,8,16-17H2,1H3/t12-,14?/m0/s1. The first-order chi connectivity index (χ1) is 9.70. The van der Waals surface area contributed by atoms with E-state index >= 15 is 0 Å². The van der Waals surface area contributed by atoms with Crippen molar-refractivity contribution in [1.29, 1.82) is 0 Å². The van der Waals surface area contributed by atoms with Gasteiger partial charge in [0, 0.05) is 17.3 Å². The van der Waals surface area contributed by atoms with Crippen molar-refractivity contribution in [3.8, 4) is 22.8 Å². The molecule has 3 rings (SSSR count). The molecule has 0 spiro atoms. The third kappa shape index (κ3) is 2.11. The maximum atomic E-state index is 6.01. The van der Waals surface area contributed by atoms with Gasteiger partial charge in [0.15, 0.2) is 6.23 Å². The number of rotatable bonds is 2. The summed E-state index contributed by atoms with van der Waals surface area (Å²) in [7, 11) is 1.61. The molecular formula is C15H17N3O2. The average Bonchev–Trinajstić information content (AvgIpc) is 2.48. The number of fused-ring (bicyclic) bond motifs is 1. The van der Waals surface area contributed by atoms with Crippen LogP contribution in [0.3, 0.4) is 0 Å². The summed E-state index contributed by atoms with van der Waals surface area (Å²) in [6.45, 7) is 0. The summed E-state index contributed by atoms with van der Waals surface area (Å²) in [6.07, 6.45) is 1.91. The minimum atomic E-state index is -0.464. The van der Waals surface area contributed by atoms with Gasteiger partial charge in [-0.25, -0.2) is 4.98 Å². The highest BCUT2D eigenvalue weighted by Crippen LogP contribution is 2.37. The van der Waals surface area contributed by atoms with Crippen LogP contribution in [0.2, 0.25) is 0 Å². The van der Waals surface area contributed by atoms with E-state index in [-0.39, 0.29) is 6.04 Å². The van der Waals surface area contributed by atoms with Gasteiger partial charge in [-0.2, -0.15) is 0 Å². The zero-order chi connectivity index (χ0) is 14.1. The molecule has 0 saturated carbocycles. The molecule has 1 unspecified atom stereocenters. The number of aromatic nitrogens is 1. The Hall–Kier alpha value is -2.11. The predicted molar refractivity (Wildman–Crippen MR) is 76.5 cm³/mol. The Morgan fingerprint density at radius 3 is 2.80 bits per heavy atom. The summed E-state index contributed by atoms with van der Waals surface area (Å²) in [4.78, 5) is 4.24. The first-order valence-electron chi connectivity index (χ1n) is 6.50. The Balaban J connectivity index is 2.14. The van der Waals surface area contributed by atoms with Crippen LogP contribution in [0.4, 0.5) is 0 Å². The summed E-state index contributed by atoms with van der Waals surface area (Å²) in [5, 5.41) is 0. The van der Waals surface area contributed by atoms with E-state index in [4.69, 9.17) is 20.9 Å². The average molecular weight is 271 g/mol. The first-order valence-corrected chi connectivity index (χ1v) is 6.50. The van der Waals surface area contributed by atoms with Crippen molar-refractivity contribution < 1.29 is 9.47 Å². The molecule has 1 aliphatic heterocycles. The second kappa shape index (κ2) is 5.11. The van der Waals surface area contributed by atoms with Crippen molar-refractivity contribution in [1.82, 2.24) is 4.98 Å². The highest BCUT2D eigenvalue weighted by molar-refractivity contribution is 5.74. The van der Waals surface area contributed by atoms with E-state index in [0.717, 1.165) is 22.4 Å². The lowest BCUT2D eigenvalue weighted by Gasteiger charge is -2.30. The van der Waals surface area contributed by atoms with Gasteiger partial charge < -0.3 is 15.2 Å². The van der Waals surface area contributed by atoms with Gasteiger partial charge >= 0.3 is 0 Å². The van der Waals surface area contributed by atoms with Crippen LogP contribution in [0.5, 0.6) is 11.6 Å². The number of methoxy groups -OCH3 is 1. The summed E-state index contributed by atoms with van der Waals surface area (Å²) in [6, 6.07) is 9.50. The second-order valence-electron chi connectivity index (χ2n) is 4.79. The lowest BCUT2D eigenvalue weighted by molar-refractivity contribution is 0.158. The maximum Gasteiger partial charge on any atom is 0.221 e. The maximum absolute atomic E-state index is 6.01. The molecule has 20 heavy (non-hydrogen) atoms. The number of benzene rings is 1.